The Morgan fingerprint density at radius 2 is 2.12 bits per heavy atom. The van der Waals surface area contributed by atoms with Gasteiger partial charge >= 0.3 is 0 Å². The van der Waals surface area contributed by atoms with Crippen molar-refractivity contribution in [3.63, 3.8) is 0 Å². The van der Waals surface area contributed by atoms with Gasteiger partial charge in [0.2, 0.25) is 0 Å². The summed E-state index contributed by atoms with van der Waals surface area (Å²) in [6.07, 6.45) is -0.406. The van der Waals surface area contributed by atoms with Gasteiger partial charge in [-0.05, 0) is 18.2 Å². The van der Waals surface area contributed by atoms with Gasteiger partial charge in [-0.15, -0.1) is 0 Å². The predicted octanol–water partition coefficient (Wildman–Crippen LogP) is 1.73. The van der Waals surface area contributed by atoms with Crippen molar-refractivity contribution >= 4 is 5.69 Å². The second-order valence-corrected chi connectivity index (χ2v) is 3.08. The van der Waals surface area contributed by atoms with Crippen LogP contribution in [0.15, 0.2) is 18.2 Å². The zero-order valence-electron chi connectivity index (χ0n) is 9.16. The molecular weight excluding hydrogens is 211 g/mol. The third kappa shape index (κ3) is 3.19. The Kier molecular flexibility index (Phi) is 4.70. The molecule has 1 aromatic carbocycles. The van der Waals surface area contributed by atoms with E-state index in [1.54, 1.807) is 0 Å². The first-order valence-electron chi connectivity index (χ1n) is 4.70. The van der Waals surface area contributed by atoms with Gasteiger partial charge in [0, 0.05) is 14.2 Å². The predicted molar refractivity (Wildman–Crippen MR) is 57.4 cm³/mol. The third-order valence-corrected chi connectivity index (χ3v) is 2.09. The molecule has 0 aliphatic heterocycles. The van der Waals surface area contributed by atoms with E-state index in [0.29, 0.717) is 12.2 Å². The highest BCUT2D eigenvalue weighted by Crippen LogP contribution is 2.15. The highest BCUT2D eigenvalue weighted by atomic mass is 19.1. The van der Waals surface area contributed by atoms with Crippen LogP contribution in [0, 0.1) is 17.1 Å². The fourth-order valence-corrected chi connectivity index (χ4v) is 1.22. The first-order valence-corrected chi connectivity index (χ1v) is 4.70. The van der Waals surface area contributed by atoms with Crippen LogP contribution in [-0.2, 0) is 9.47 Å². The third-order valence-electron chi connectivity index (χ3n) is 2.09. The number of hydrogen-bond acceptors (Lipinski definition) is 4. The maximum atomic E-state index is 12.8. The maximum Gasteiger partial charge on any atom is 0.173 e. The summed E-state index contributed by atoms with van der Waals surface area (Å²) < 4.78 is 22.8. The molecule has 5 heteroatoms. The van der Waals surface area contributed by atoms with Crippen LogP contribution in [0.4, 0.5) is 10.1 Å². The molecule has 0 aromatic heterocycles. The summed E-state index contributed by atoms with van der Waals surface area (Å²) in [6.45, 7) is 0.382. The summed E-state index contributed by atoms with van der Waals surface area (Å²) in [4.78, 5) is 0. The second-order valence-electron chi connectivity index (χ2n) is 3.08. The van der Waals surface area contributed by atoms with Gasteiger partial charge in [0.15, 0.2) is 6.29 Å². The fraction of sp³-hybridized carbons (Fsp3) is 0.364. The average molecular weight is 224 g/mol. The van der Waals surface area contributed by atoms with Gasteiger partial charge in [0.25, 0.3) is 0 Å². The van der Waals surface area contributed by atoms with E-state index in [2.05, 4.69) is 5.32 Å². The molecule has 86 valence electrons. The van der Waals surface area contributed by atoms with Crippen LogP contribution in [0.2, 0.25) is 0 Å². The van der Waals surface area contributed by atoms with Crippen molar-refractivity contribution in [2.45, 2.75) is 6.29 Å². The molecule has 0 bridgehead atoms. The monoisotopic (exact) mass is 224 g/mol. The van der Waals surface area contributed by atoms with Gasteiger partial charge in [0.1, 0.15) is 11.9 Å². The zero-order valence-corrected chi connectivity index (χ0v) is 9.16. The lowest BCUT2D eigenvalue weighted by Crippen LogP contribution is -2.23. The van der Waals surface area contributed by atoms with E-state index in [9.17, 15) is 4.39 Å². The van der Waals surface area contributed by atoms with Crippen molar-refractivity contribution in [1.82, 2.24) is 0 Å². The Bertz CT molecular complexity index is 386. The van der Waals surface area contributed by atoms with E-state index in [4.69, 9.17) is 14.7 Å². The lowest BCUT2D eigenvalue weighted by atomic mass is 10.2. The smallest absolute Gasteiger partial charge is 0.173 e. The van der Waals surface area contributed by atoms with E-state index >= 15 is 0 Å². The zero-order chi connectivity index (χ0) is 12.0. The first kappa shape index (κ1) is 12.4. The highest BCUT2D eigenvalue weighted by Gasteiger charge is 2.07. The first-order chi connectivity index (χ1) is 7.71. The number of nitrogens with one attached hydrogen (secondary N) is 1. The standard InChI is InChI=1S/C11H13FN2O2/c1-15-11(16-2)7-14-10-4-3-9(12)5-8(10)6-13/h3-5,11,14H,7H2,1-2H3. The van der Waals surface area contributed by atoms with E-state index < -0.39 is 12.1 Å². The van der Waals surface area contributed by atoms with Crippen molar-refractivity contribution in [3.8, 4) is 6.07 Å². The molecule has 0 aliphatic rings. The average Bonchev–Trinajstić information content (AvgIpc) is 2.31. The summed E-state index contributed by atoms with van der Waals surface area (Å²) >= 11 is 0. The normalized spacial score (nSPS) is 10.2. The maximum absolute atomic E-state index is 12.8. The van der Waals surface area contributed by atoms with Crippen LogP contribution in [0.25, 0.3) is 0 Å². The quantitative estimate of drug-likeness (QED) is 0.774. The lowest BCUT2D eigenvalue weighted by Gasteiger charge is -2.15. The van der Waals surface area contributed by atoms with Gasteiger partial charge in [-0.25, -0.2) is 4.39 Å². The number of benzene rings is 1. The number of nitrogens with zero attached hydrogens (tertiary/aromatic N) is 1. The van der Waals surface area contributed by atoms with E-state index in [-0.39, 0.29) is 5.56 Å². The minimum absolute atomic E-state index is 0.256. The molecule has 0 amide bonds. The highest BCUT2D eigenvalue weighted by molar-refractivity contribution is 5.57. The Morgan fingerprint density at radius 3 is 2.69 bits per heavy atom. The summed E-state index contributed by atoms with van der Waals surface area (Å²) in [5, 5.41) is 11.8. The van der Waals surface area contributed by atoms with Crippen LogP contribution in [0.5, 0.6) is 0 Å². The molecule has 1 N–H and O–H groups in total. The van der Waals surface area contributed by atoms with E-state index in [0.717, 1.165) is 0 Å². The number of halogens is 1. The Labute approximate surface area is 93.6 Å². The minimum Gasteiger partial charge on any atom is -0.379 e. The molecule has 0 radical (unpaired) electrons. The number of nitriles is 1. The summed E-state index contributed by atoms with van der Waals surface area (Å²) in [5.74, 6) is -0.433. The summed E-state index contributed by atoms with van der Waals surface area (Å²) in [5.41, 5.74) is 0.814. The topological polar surface area (TPSA) is 54.3 Å². The van der Waals surface area contributed by atoms with Crippen LogP contribution >= 0.6 is 0 Å². The largest absolute Gasteiger partial charge is 0.379 e. The van der Waals surface area contributed by atoms with Crippen LogP contribution in [-0.4, -0.2) is 27.1 Å². The Hall–Kier alpha value is -1.64. The molecule has 0 spiro atoms. The molecule has 0 atom stereocenters. The van der Waals surface area contributed by atoms with Crippen molar-refractivity contribution in [2.24, 2.45) is 0 Å². The van der Waals surface area contributed by atoms with E-state index in [1.165, 1.54) is 32.4 Å². The van der Waals surface area contributed by atoms with Crippen molar-refractivity contribution in [1.29, 1.82) is 5.26 Å². The van der Waals surface area contributed by atoms with Gasteiger partial charge in [0.05, 0.1) is 17.8 Å². The number of hydrogen-bond donors (Lipinski definition) is 1. The molecular formula is C11H13FN2O2. The molecule has 0 saturated carbocycles. The van der Waals surface area contributed by atoms with E-state index in [1.807, 2.05) is 6.07 Å². The SMILES string of the molecule is COC(CNc1ccc(F)cc1C#N)OC. The molecule has 16 heavy (non-hydrogen) atoms. The van der Waals surface area contributed by atoms with Crippen molar-refractivity contribution in [2.75, 3.05) is 26.1 Å². The second kappa shape index (κ2) is 6.05. The number of methoxy groups -OCH3 is 2. The summed E-state index contributed by atoms with van der Waals surface area (Å²) in [6, 6.07) is 5.89. The van der Waals surface area contributed by atoms with Crippen LogP contribution in [0.1, 0.15) is 5.56 Å². The number of anilines is 1. The van der Waals surface area contributed by atoms with Gasteiger partial charge in [-0.3, -0.25) is 0 Å². The van der Waals surface area contributed by atoms with Crippen molar-refractivity contribution < 1.29 is 13.9 Å². The molecule has 0 unspecified atom stereocenters. The Balaban J connectivity index is 2.70. The van der Waals surface area contributed by atoms with Gasteiger partial charge in [-0.2, -0.15) is 5.26 Å². The molecule has 0 fully saturated rings. The summed E-state index contributed by atoms with van der Waals surface area (Å²) in [7, 11) is 3.04. The minimum atomic E-state index is -0.433. The van der Waals surface area contributed by atoms with Crippen LogP contribution in [0.3, 0.4) is 0 Å². The molecule has 4 nitrogen and oxygen atoms in total. The van der Waals surface area contributed by atoms with Gasteiger partial charge in [-0.1, -0.05) is 0 Å². The number of rotatable bonds is 5. The van der Waals surface area contributed by atoms with Crippen molar-refractivity contribution in [3.05, 3.63) is 29.6 Å². The number of ether oxygens (including phenoxy) is 2. The molecule has 0 heterocycles. The van der Waals surface area contributed by atoms with Crippen LogP contribution < -0.4 is 5.32 Å². The fourth-order valence-electron chi connectivity index (χ4n) is 1.22. The Morgan fingerprint density at radius 1 is 1.44 bits per heavy atom. The van der Waals surface area contributed by atoms with Gasteiger partial charge < -0.3 is 14.8 Å². The lowest BCUT2D eigenvalue weighted by molar-refractivity contribution is -0.0914. The molecule has 1 rings (SSSR count). The molecule has 0 aliphatic carbocycles. The molecule has 1 aromatic rings. The molecule has 0 saturated heterocycles.